The molecule has 0 aliphatic carbocycles. The lowest BCUT2D eigenvalue weighted by Gasteiger charge is -2.08. The third-order valence-electron chi connectivity index (χ3n) is 1.67. The maximum absolute atomic E-state index is 11.5. The highest BCUT2D eigenvalue weighted by atomic mass is 32.2. The number of amides is 2. The first-order valence-corrected chi connectivity index (χ1v) is 6.69. The Morgan fingerprint density at radius 3 is 2.53 bits per heavy atom. The maximum atomic E-state index is 11.5. The molecule has 0 aromatic carbocycles. The first kappa shape index (κ1) is 15.8. The van der Waals surface area contributed by atoms with E-state index < -0.39 is 6.09 Å². The molecule has 0 aromatic heterocycles. The Kier molecular flexibility index (Phi) is 8.31. The summed E-state index contributed by atoms with van der Waals surface area (Å²) < 4.78 is 4.72. The van der Waals surface area contributed by atoms with Crippen LogP contribution in [-0.4, -0.2) is 31.4 Å². The smallest absolute Gasteiger partial charge is 0.412 e. The summed E-state index contributed by atoms with van der Waals surface area (Å²) >= 11 is 1.28. The lowest BCUT2D eigenvalue weighted by Crippen LogP contribution is -2.28. The predicted octanol–water partition coefficient (Wildman–Crippen LogP) is 1.71. The number of rotatable bonds is 6. The van der Waals surface area contributed by atoms with Crippen molar-refractivity contribution in [3.8, 4) is 0 Å². The van der Waals surface area contributed by atoms with Crippen LogP contribution < -0.4 is 10.6 Å². The molecule has 0 unspecified atom stereocenters. The third kappa shape index (κ3) is 8.62. The lowest BCUT2D eigenvalue weighted by molar-refractivity contribution is -0.116. The average molecular weight is 260 g/mol. The van der Waals surface area contributed by atoms with Gasteiger partial charge in [-0.15, -0.1) is 11.8 Å². The molecule has 0 aromatic rings. The largest absolute Gasteiger partial charge is 0.450 e. The van der Waals surface area contributed by atoms with E-state index in [1.165, 1.54) is 17.8 Å². The van der Waals surface area contributed by atoms with Gasteiger partial charge in [0, 0.05) is 12.6 Å². The molecule has 0 bridgehead atoms. The van der Waals surface area contributed by atoms with E-state index in [4.69, 9.17) is 4.74 Å². The summed E-state index contributed by atoms with van der Waals surface area (Å²) in [6.07, 6.45) is 2.57. The molecule has 0 saturated carbocycles. The van der Waals surface area contributed by atoms with Crippen LogP contribution in [0.3, 0.4) is 0 Å². The minimum absolute atomic E-state index is 0.222. The molecule has 5 nitrogen and oxygen atoms in total. The number of carbonyl (C=O) groups is 2. The van der Waals surface area contributed by atoms with E-state index >= 15 is 0 Å². The molecular formula is C11H20N2O3S. The summed E-state index contributed by atoms with van der Waals surface area (Å²) in [6.45, 7) is 6.65. The summed E-state index contributed by atoms with van der Waals surface area (Å²) in [4.78, 5) is 22.6. The van der Waals surface area contributed by atoms with Gasteiger partial charge >= 0.3 is 6.09 Å². The monoisotopic (exact) mass is 260 g/mol. The van der Waals surface area contributed by atoms with E-state index in [9.17, 15) is 9.59 Å². The summed E-state index contributed by atoms with van der Waals surface area (Å²) in [5.41, 5.74) is 0. The van der Waals surface area contributed by atoms with Gasteiger partial charge < -0.3 is 10.1 Å². The molecule has 2 N–H and O–H groups in total. The lowest BCUT2D eigenvalue weighted by atomic mass is 10.2. The zero-order valence-corrected chi connectivity index (χ0v) is 11.5. The van der Waals surface area contributed by atoms with Crippen molar-refractivity contribution in [2.45, 2.75) is 20.8 Å². The fourth-order valence-corrected chi connectivity index (χ4v) is 1.30. The Balaban J connectivity index is 4.23. The molecule has 0 heterocycles. The normalized spacial score (nSPS) is 11.2. The molecule has 0 spiro atoms. The first-order chi connectivity index (χ1) is 7.99. The summed E-state index contributed by atoms with van der Waals surface area (Å²) in [5.74, 6) is 0.169. The summed E-state index contributed by atoms with van der Waals surface area (Å²) in [6, 6.07) is 0. The van der Waals surface area contributed by atoms with Crippen LogP contribution >= 0.6 is 11.8 Å². The van der Waals surface area contributed by atoms with Gasteiger partial charge in [-0.3, -0.25) is 10.1 Å². The molecule has 0 aliphatic rings. The SMILES string of the molecule is CCOC(=O)N/C(=C/C(=O)NCC(C)C)SC. The molecule has 2 amide bonds. The van der Waals surface area contributed by atoms with Gasteiger partial charge in [0.2, 0.25) is 5.91 Å². The molecule has 0 saturated heterocycles. The number of ether oxygens (including phenoxy) is 1. The topological polar surface area (TPSA) is 67.4 Å². The molecule has 17 heavy (non-hydrogen) atoms. The number of carbonyl (C=O) groups excluding carboxylic acids is 2. The number of nitrogens with one attached hydrogen (secondary N) is 2. The van der Waals surface area contributed by atoms with E-state index in [-0.39, 0.29) is 5.91 Å². The highest BCUT2D eigenvalue weighted by molar-refractivity contribution is 8.02. The molecule has 0 atom stereocenters. The summed E-state index contributed by atoms with van der Waals surface area (Å²) in [7, 11) is 0. The van der Waals surface area contributed by atoms with Crippen LogP contribution in [0.5, 0.6) is 0 Å². The molecule has 0 aliphatic heterocycles. The number of hydrogen-bond acceptors (Lipinski definition) is 4. The molecule has 0 radical (unpaired) electrons. The van der Waals surface area contributed by atoms with E-state index in [1.54, 1.807) is 13.2 Å². The highest BCUT2D eigenvalue weighted by Gasteiger charge is 2.06. The maximum Gasteiger partial charge on any atom is 0.412 e. The standard InChI is InChI=1S/C11H20N2O3S/c1-5-16-11(15)13-10(17-4)6-9(14)12-7-8(2)3/h6,8H,5,7H2,1-4H3,(H,12,14)(H,13,15)/b10-6-. The molecule has 0 fully saturated rings. The fraction of sp³-hybridized carbons (Fsp3) is 0.636. The second-order valence-corrected chi connectivity index (χ2v) is 4.55. The van der Waals surface area contributed by atoms with E-state index in [2.05, 4.69) is 10.6 Å². The van der Waals surface area contributed by atoms with Gasteiger partial charge in [0.05, 0.1) is 11.6 Å². The van der Waals surface area contributed by atoms with Crippen molar-refractivity contribution in [2.24, 2.45) is 5.92 Å². The van der Waals surface area contributed by atoms with Gasteiger partial charge in [-0.25, -0.2) is 4.79 Å². The summed E-state index contributed by atoms with van der Waals surface area (Å²) in [5, 5.41) is 5.68. The Bertz CT molecular complexity index is 290. The van der Waals surface area contributed by atoms with Gasteiger partial charge in [0.15, 0.2) is 0 Å². The molecule has 0 rings (SSSR count). The van der Waals surface area contributed by atoms with Crippen molar-refractivity contribution in [3.05, 3.63) is 11.1 Å². The first-order valence-electron chi connectivity index (χ1n) is 5.46. The van der Waals surface area contributed by atoms with E-state index in [1.807, 2.05) is 13.8 Å². The number of thioether (sulfide) groups is 1. The Hall–Kier alpha value is -1.17. The zero-order valence-electron chi connectivity index (χ0n) is 10.7. The Labute approximate surface area is 106 Å². The molecule has 98 valence electrons. The minimum Gasteiger partial charge on any atom is -0.450 e. The second kappa shape index (κ2) is 8.92. The van der Waals surface area contributed by atoms with Crippen molar-refractivity contribution < 1.29 is 14.3 Å². The van der Waals surface area contributed by atoms with Gasteiger partial charge in [-0.2, -0.15) is 0 Å². The zero-order chi connectivity index (χ0) is 13.3. The van der Waals surface area contributed by atoms with Gasteiger partial charge in [0.25, 0.3) is 0 Å². The minimum atomic E-state index is -0.551. The van der Waals surface area contributed by atoms with E-state index in [0.29, 0.717) is 24.1 Å². The van der Waals surface area contributed by atoms with Crippen LogP contribution in [0.15, 0.2) is 11.1 Å². The Morgan fingerprint density at radius 1 is 1.41 bits per heavy atom. The fourth-order valence-electron chi connectivity index (χ4n) is 0.889. The average Bonchev–Trinajstić information content (AvgIpc) is 2.25. The third-order valence-corrected chi connectivity index (χ3v) is 2.33. The van der Waals surface area contributed by atoms with Crippen LogP contribution in [0.25, 0.3) is 0 Å². The highest BCUT2D eigenvalue weighted by Crippen LogP contribution is 2.07. The van der Waals surface area contributed by atoms with Gasteiger partial charge in [-0.1, -0.05) is 13.8 Å². The van der Waals surface area contributed by atoms with Crippen LogP contribution in [0.2, 0.25) is 0 Å². The van der Waals surface area contributed by atoms with Crippen molar-refractivity contribution in [2.75, 3.05) is 19.4 Å². The van der Waals surface area contributed by atoms with Crippen LogP contribution in [0, 0.1) is 5.92 Å². The van der Waals surface area contributed by atoms with Gasteiger partial charge in [-0.05, 0) is 19.1 Å². The van der Waals surface area contributed by atoms with Crippen LogP contribution in [-0.2, 0) is 9.53 Å². The number of hydrogen-bond donors (Lipinski definition) is 2. The number of alkyl carbamates (subject to hydrolysis) is 1. The second-order valence-electron chi connectivity index (χ2n) is 3.70. The predicted molar refractivity (Wildman–Crippen MR) is 69.6 cm³/mol. The van der Waals surface area contributed by atoms with Crippen molar-refractivity contribution in [1.82, 2.24) is 10.6 Å². The van der Waals surface area contributed by atoms with Crippen LogP contribution in [0.1, 0.15) is 20.8 Å². The van der Waals surface area contributed by atoms with Crippen molar-refractivity contribution in [3.63, 3.8) is 0 Å². The van der Waals surface area contributed by atoms with E-state index in [0.717, 1.165) is 0 Å². The van der Waals surface area contributed by atoms with Gasteiger partial charge in [0.1, 0.15) is 0 Å². The van der Waals surface area contributed by atoms with Crippen molar-refractivity contribution >= 4 is 23.8 Å². The Morgan fingerprint density at radius 2 is 2.06 bits per heavy atom. The van der Waals surface area contributed by atoms with Crippen molar-refractivity contribution in [1.29, 1.82) is 0 Å². The molecule has 6 heteroatoms. The van der Waals surface area contributed by atoms with Crippen LogP contribution in [0.4, 0.5) is 4.79 Å². The molecular weight excluding hydrogens is 240 g/mol. The quantitative estimate of drug-likeness (QED) is 0.713.